The second-order valence-corrected chi connectivity index (χ2v) is 5.59. The molecule has 4 nitrogen and oxygen atoms in total. The first-order chi connectivity index (χ1) is 10.7. The van der Waals surface area contributed by atoms with Crippen molar-refractivity contribution in [2.75, 3.05) is 25.1 Å². The lowest BCUT2D eigenvalue weighted by Crippen LogP contribution is -2.10. The minimum absolute atomic E-state index is 0.195. The van der Waals surface area contributed by atoms with E-state index < -0.39 is 0 Å². The Balaban J connectivity index is 1.62. The average molecular weight is 301 g/mol. The molecule has 1 aromatic carbocycles. The van der Waals surface area contributed by atoms with Crippen LogP contribution in [-0.4, -0.2) is 29.7 Å². The number of ether oxygens (including phenoxy) is 1. The van der Waals surface area contributed by atoms with E-state index in [4.69, 9.17) is 4.74 Å². The van der Waals surface area contributed by atoms with Crippen LogP contribution < -0.4 is 5.32 Å². The average Bonchev–Trinajstić information content (AvgIpc) is 3.01. The van der Waals surface area contributed by atoms with Crippen molar-refractivity contribution < 1.29 is 9.13 Å². The third-order valence-electron chi connectivity index (χ3n) is 3.81. The third-order valence-corrected chi connectivity index (χ3v) is 3.81. The Labute approximate surface area is 129 Å². The predicted octanol–water partition coefficient (Wildman–Crippen LogP) is 3.08. The van der Waals surface area contributed by atoms with Crippen LogP contribution in [0.4, 0.5) is 10.2 Å². The zero-order chi connectivity index (χ0) is 15.4. The van der Waals surface area contributed by atoms with Gasteiger partial charge in [-0.3, -0.25) is 0 Å². The van der Waals surface area contributed by atoms with E-state index in [1.54, 1.807) is 12.1 Å². The number of hydrogen-bond donors (Lipinski definition) is 1. The van der Waals surface area contributed by atoms with Crippen LogP contribution in [-0.2, 0) is 11.2 Å². The number of nitrogens with one attached hydrogen (secondary N) is 1. The third kappa shape index (κ3) is 3.80. The van der Waals surface area contributed by atoms with Crippen molar-refractivity contribution in [1.82, 2.24) is 9.97 Å². The number of nitrogens with zero attached hydrogens (tertiary/aromatic N) is 2. The van der Waals surface area contributed by atoms with Gasteiger partial charge in [-0.1, -0.05) is 12.1 Å². The molecule has 2 aromatic rings. The monoisotopic (exact) mass is 301 g/mol. The van der Waals surface area contributed by atoms with E-state index in [-0.39, 0.29) is 5.82 Å². The summed E-state index contributed by atoms with van der Waals surface area (Å²) in [5.74, 6) is 1.76. The van der Waals surface area contributed by atoms with Crippen LogP contribution >= 0.6 is 0 Å². The zero-order valence-electron chi connectivity index (χ0n) is 12.7. The van der Waals surface area contributed by atoms with Gasteiger partial charge in [0.2, 0.25) is 0 Å². The molecule has 2 heterocycles. The fraction of sp³-hybridized carbons (Fsp3) is 0.412. The Kier molecular flexibility index (Phi) is 4.63. The first-order valence-electron chi connectivity index (χ1n) is 7.62. The molecule has 0 saturated carbocycles. The fourth-order valence-corrected chi connectivity index (χ4v) is 2.69. The Bertz CT molecular complexity index is 642. The van der Waals surface area contributed by atoms with Crippen LogP contribution in [0.25, 0.3) is 0 Å². The molecule has 0 amide bonds. The van der Waals surface area contributed by atoms with Crippen molar-refractivity contribution in [3.05, 3.63) is 53.2 Å². The highest BCUT2D eigenvalue weighted by atomic mass is 19.1. The summed E-state index contributed by atoms with van der Waals surface area (Å²) >= 11 is 0. The predicted molar refractivity (Wildman–Crippen MR) is 83.5 cm³/mol. The van der Waals surface area contributed by atoms with Gasteiger partial charge in [-0.2, -0.15) is 0 Å². The summed E-state index contributed by atoms with van der Waals surface area (Å²) in [5, 5.41) is 3.30. The summed E-state index contributed by atoms with van der Waals surface area (Å²) in [7, 11) is 0. The van der Waals surface area contributed by atoms with E-state index in [0.29, 0.717) is 12.5 Å². The Hall–Kier alpha value is -2.01. The minimum atomic E-state index is -0.195. The summed E-state index contributed by atoms with van der Waals surface area (Å²) < 4.78 is 18.6. The molecule has 3 rings (SSSR count). The largest absolute Gasteiger partial charge is 0.381 e. The van der Waals surface area contributed by atoms with Crippen molar-refractivity contribution in [2.45, 2.75) is 25.7 Å². The SMILES string of the molecule is Cc1nc(NCCc2cccc(F)c2)cc([C@H]2CCOC2)n1. The second-order valence-electron chi connectivity index (χ2n) is 5.59. The van der Waals surface area contributed by atoms with Gasteiger partial charge in [0.05, 0.1) is 12.3 Å². The molecule has 1 atom stereocenters. The molecule has 22 heavy (non-hydrogen) atoms. The van der Waals surface area contributed by atoms with E-state index in [9.17, 15) is 4.39 Å². The van der Waals surface area contributed by atoms with Crippen LogP contribution in [0.15, 0.2) is 30.3 Å². The molecule has 1 N–H and O–H groups in total. The maximum atomic E-state index is 13.1. The molecule has 1 aliphatic heterocycles. The maximum absolute atomic E-state index is 13.1. The highest BCUT2D eigenvalue weighted by Crippen LogP contribution is 2.25. The van der Waals surface area contributed by atoms with Gasteiger partial charge in [-0.25, -0.2) is 14.4 Å². The number of halogens is 1. The van der Waals surface area contributed by atoms with E-state index >= 15 is 0 Å². The number of rotatable bonds is 5. The first kappa shape index (κ1) is 14.9. The van der Waals surface area contributed by atoms with Gasteiger partial charge in [0, 0.05) is 25.1 Å². The van der Waals surface area contributed by atoms with E-state index in [2.05, 4.69) is 15.3 Å². The summed E-state index contributed by atoms with van der Waals surface area (Å²) in [6.45, 7) is 4.15. The van der Waals surface area contributed by atoms with Crippen LogP contribution in [0, 0.1) is 12.7 Å². The van der Waals surface area contributed by atoms with Gasteiger partial charge in [0.25, 0.3) is 0 Å². The van der Waals surface area contributed by atoms with Gasteiger partial charge in [0.15, 0.2) is 0 Å². The quantitative estimate of drug-likeness (QED) is 0.922. The lowest BCUT2D eigenvalue weighted by molar-refractivity contribution is 0.193. The van der Waals surface area contributed by atoms with Gasteiger partial charge >= 0.3 is 0 Å². The summed E-state index contributed by atoms with van der Waals surface area (Å²) in [5.41, 5.74) is 2.01. The highest BCUT2D eigenvalue weighted by Gasteiger charge is 2.20. The molecule has 1 aliphatic rings. The van der Waals surface area contributed by atoms with Crippen LogP contribution in [0.1, 0.15) is 29.4 Å². The van der Waals surface area contributed by atoms with Crippen molar-refractivity contribution in [3.8, 4) is 0 Å². The van der Waals surface area contributed by atoms with Gasteiger partial charge in [-0.05, 0) is 37.5 Å². The van der Waals surface area contributed by atoms with Crippen molar-refractivity contribution in [1.29, 1.82) is 0 Å². The molecule has 0 bridgehead atoms. The van der Waals surface area contributed by atoms with Gasteiger partial charge in [-0.15, -0.1) is 0 Å². The molecule has 116 valence electrons. The van der Waals surface area contributed by atoms with Crippen molar-refractivity contribution in [3.63, 3.8) is 0 Å². The fourth-order valence-electron chi connectivity index (χ4n) is 2.69. The number of aryl methyl sites for hydroxylation is 1. The van der Waals surface area contributed by atoms with Crippen molar-refractivity contribution >= 4 is 5.82 Å². The lowest BCUT2D eigenvalue weighted by Gasteiger charge is -2.11. The molecule has 0 aliphatic carbocycles. The molecule has 0 radical (unpaired) electrons. The standard InChI is InChI=1S/C17H20FN3O/c1-12-20-16(14-6-8-22-11-14)10-17(21-12)19-7-5-13-3-2-4-15(18)9-13/h2-4,9-10,14H,5-8,11H2,1H3,(H,19,20,21)/t14-/m0/s1. The molecule has 5 heteroatoms. The van der Waals surface area contributed by atoms with Crippen LogP contribution in [0.2, 0.25) is 0 Å². The number of anilines is 1. The molecule has 1 fully saturated rings. The normalized spacial score (nSPS) is 17.6. The molecule has 1 aromatic heterocycles. The molecule has 0 spiro atoms. The van der Waals surface area contributed by atoms with Gasteiger partial charge < -0.3 is 10.1 Å². The maximum Gasteiger partial charge on any atom is 0.129 e. The van der Waals surface area contributed by atoms with Crippen LogP contribution in [0.5, 0.6) is 0 Å². The lowest BCUT2D eigenvalue weighted by atomic mass is 10.0. The summed E-state index contributed by atoms with van der Waals surface area (Å²) in [6.07, 6.45) is 1.77. The van der Waals surface area contributed by atoms with E-state index in [0.717, 1.165) is 49.0 Å². The molecular weight excluding hydrogens is 281 g/mol. The highest BCUT2D eigenvalue weighted by molar-refractivity contribution is 5.37. The molecular formula is C17H20FN3O. The Morgan fingerprint density at radius 2 is 2.23 bits per heavy atom. The minimum Gasteiger partial charge on any atom is -0.381 e. The number of aromatic nitrogens is 2. The number of benzene rings is 1. The zero-order valence-corrected chi connectivity index (χ0v) is 12.7. The van der Waals surface area contributed by atoms with Gasteiger partial charge in [0.1, 0.15) is 17.5 Å². The number of hydrogen-bond acceptors (Lipinski definition) is 4. The van der Waals surface area contributed by atoms with E-state index in [1.165, 1.54) is 6.07 Å². The Morgan fingerprint density at radius 1 is 1.32 bits per heavy atom. The van der Waals surface area contributed by atoms with Crippen molar-refractivity contribution in [2.24, 2.45) is 0 Å². The summed E-state index contributed by atoms with van der Waals surface area (Å²) in [6, 6.07) is 8.68. The smallest absolute Gasteiger partial charge is 0.129 e. The Morgan fingerprint density at radius 3 is 3.00 bits per heavy atom. The summed E-state index contributed by atoms with van der Waals surface area (Å²) in [4.78, 5) is 8.93. The molecule has 1 saturated heterocycles. The van der Waals surface area contributed by atoms with E-state index in [1.807, 2.05) is 19.1 Å². The second kappa shape index (κ2) is 6.83. The topological polar surface area (TPSA) is 47.0 Å². The molecule has 0 unspecified atom stereocenters. The van der Waals surface area contributed by atoms with Crippen LogP contribution in [0.3, 0.4) is 0 Å². The first-order valence-corrected chi connectivity index (χ1v) is 7.62.